The van der Waals surface area contributed by atoms with E-state index in [0.29, 0.717) is 21.0 Å². The smallest absolute Gasteiger partial charge is 0 e. The van der Waals surface area contributed by atoms with Crippen molar-refractivity contribution in [3.63, 3.8) is 0 Å². The largest absolute Gasteiger partial charge is 0 e. The molecule has 4 heavy (non-hydrogen) atoms. The SMILES string of the molecule is [Mn].[O]=[Nb].[Ti]. The van der Waals surface area contributed by atoms with Gasteiger partial charge in [0.2, 0.25) is 0 Å². The first-order chi connectivity index (χ1) is 1.00. The van der Waals surface area contributed by atoms with Crippen LogP contribution < -0.4 is 0 Å². The van der Waals surface area contributed by atoms with Gasteiger partial charge in [0.05, 0.1) is 0 Å². The Morgan fingerprint density at radius 3 is 1.25 bits per heavy atom. The molecule has 0 spiro atoms. The zero-order chi connectivity index (χ0) is 2.00. The van der Waals surface area contributed by atoms with Crippen molar-refractivity contribution in [3.8, 4) is 0 Å². The molecule has 0 amide bonds. The van der Waals surface area contributed by atoms with Gasteiger partial charge < -0.3 is 0 Å². The fraction of sp³-hybridized carbons (Fsp3) is 0. The summed E-state index contributed by atoms with van der Waals surface area (Å²) in [6.07, 6.45) is 0. The minimum atomic E-state index is 0. The zero-order valence-electron chi connectivity index (χ0n) is 1.73. The van der Waals surface area contributed by atoms with E-state index in [4.69, 9.17) is 3.25 Å². The zero-order valence-corrected chi connectivity index (χ0v) is 6.67. The van der Waals surface area contributed by atoms with Crippen LogP contribution in [0.1, 0.15) is 0 Å². The molecule has 0 aliphatic rings. The summed E-state index contributed by atoms with van der Waals surface area (Å²) in [7, 11) is 0. The molecule has 0 unspecified atom stereocenters. The first-order valence-electron chi connectivity index (χ1n) is 0.183. The van der Waals surface area contributed by atoms with Gasteiger partial charge >= 0.3 is 24.3 Å². The van der Waals surface area contributed by atoms with Gasteiger partial charge in [0.1, 0.15) is 0 Å². The molecule has 0 N–H and O–H groups in total. The van der Waals surface area contributed by atoms with Crippen molar-refractivity contribution in [2.75, 3.05) is 0 Å². The van der Waals surface area contributed by atoms with Crippen LogP contribution in [0.4, 0.5) is 0 Å². The molecule has 0 aliphatic carbocycles. The molecule has 0 rings (SSSR count). The normalized spacial score (nSPS) is 0.750. The Balaban J connectivity index is -0.00000000500. The van der Waals surface area contributed by atoms with E-state index in [9.17, 15) is 0 Å². The molecule has 0 aromatic rings. The molecule has 0 heterocycles. The van der Waals surface area contributed by atoms with E-state index in [-0.39, 0.29) is 38.8 Å². The Morgan fingerprint density at radius 2 is 1.25 bits per heavy atom. The van der Waals surface area contributed by atoms with Crippen molar-refractivity contribution >= 4 is 0 Å². The maximum Gasteiger partial charge on any atom is 0 e. The molecule has 0 aliphatic heterocycles. The summed E-state index contributed by atoms with van der Waals surface area (Å²) in [6.45, 7) is 0. The molecule has 4 heteroatoms. The second-order valence-corrected chi connectivity index (χ2v) is 0. The van der Waals surface area contributed by atoms with Crippen molar-refractivity contribution in [1.29, 1.82) is 0 Å². The van der Waals surface area contributed by atoms with Crippen LogP contribution in [-0.4, -0.2) is 0 Å². The van der Waals surface area contributed by atoms with E-state index < -0.39 is 0 Å². The topological polar surface area (TPSA) is 17.1 Å². The summed E-state index contributed by atoms with van der Waals surface area (Å²) < 4.78 is 8.30. The molecule has 0 saturated carbocycles. The van der Waals surface area contributed by atoms with E-state index in [2.05, 4.69) is 0 Å². The molecule has 0 saturated heterocycles. The molecule has 0 atom stereocenters. The maximum absolute atomic E-state index is 8.30. The van der Waals surface area contributed by atoms with Crippen LogP contribution in [0.3, 0.4) is 0 Å². The van der Waals surface area contributed by atoms with Gasteiger partial charge in [-0.25, -0.2) is 0 Å². The Labute approximate surface area is 62.5 Å². The van der Waals surface area contributed by atoms with Gasteiger partial charge in [-0.1, -0.05) is 0 Å². The van der Waals surface area contributed by atoms with Crippen molar-refractivity contribution in [2.45, 2.75) is 0 Å². The molecule has 1 nitrogen and oxygen atoms in total. The number of hydrogen-bond donors (Lipinski definition) is 0. The quantitative estimate of drug-likeness (QED) is 0.511. The summed E-state index contributed by atoms with van der Waals surface area (Å²) in [5, 5.41) is 0. The molecule has 0 aromatic carbocycles. The van der Waals surface area contributed by atoms with E-state index in [1.807, 2.05) is 0 Å². The summed E-state index contributed by atoms with van der Waals surface area (Å²) >= 11 is 0.500. The fourth-order valence-electron chi connectivity index (χ4n) is 0. The number of hydrogen-bond acceptors (Lipinski definition) is 1. The van der Waals surface area contributed by atoms with Gasteiger partial charge in [0.25, 0.3) is 0 Å². The minimum absolute atomic E-state index is 0. The average molecular weight is 212 g/mol. The summed E-state index contributed by atoms with van der Waals surface area (Å²) in [5.74, 6) is 0. The third-order valence-corrected chi connectivity index (χ3v) is 0. The van der Waals surface area contributed by atoms with Crippen molar-refractivity contribution in [1.82, 2.24) is 0 Å². The van der Waals surface area contributed by atoms with Gasteiger partial charge in [-0.05, 0) is 0 Å². The number of rotatable bonds is 0. The van der Waals surface area contributed by atoms with Crippen molar-refractivity contribution in [3.05, 3.63) is 0 Å². The van der Waals surface area contributed by atoms with E-state index in [1.165, 1.54) is 0 Å². The summed E-state index contributed by atoms with van der Waals surface area (Å²) in [5.41, 5.74) is 0. The fourth-order valence-corrected chi connectivity index (χ4v) is 0. The van der Waals surface area contributed by atoms with Crippen molar-refractivity contribution in [2.24, 2.45) is 0 Å². The molecule has 22 valence electrons. The van der Waals surface area contributed by atoms with Crippen LogP contribution in [-0.2, 0) is 63.1 Å². The second-order valence-electron chi connectivity index (χ2n) is 0. The van der Waals surface area contributed by atoms with Crippen molar-refractivity contribution < 1.29 is 63.1 Å². The third-order valence-electron chi connectivity index (χ3n) is 0. The molecular weight excluding hydrogens is 212 g/mol. The van der Waals surface area contributed by atoms with E-state index >= 15 is 0 Å². The Kier molecular flexibility index (Phi) is 92.4. The van der Waals surface area contributed by atoms with Crippen LogP contribution >= 0.6 is 0 Å². The van der Waals surface area contributed by atoms with Crippen LogP contribution in [0.15, 0.2) is 0 Å². The summed E-state index contributed by atoms with van der Waals surface area (Å²) in [4.78, 5) is 0. The van der Waals surface area contributed by atoms with Crippen LogP contribution in [0, 0.1) is 0 Å². The van der Waals surface area contributed by atoms with Gasteiger partial charge in [0, 0.05) is 38.8 Å². The Bertz CT molecular complexity index is 8.00. The Morgan fingerprint density at radius 1 is 1.25 bits per heavy atom. The molecule has 1 radical (unpaired) electrons. The van der Waals surface area contributed by atoms with E-state index in [0.717, 1.165) is 0 Å². The minimum Gasteiger partial charge on any atom is 0 e. The predicted molar refractivity (Wildman–Crippen MR) is 0.686 cm³/mol. The first kappa shape index (κ1) is 17.1. The Hall–Kier alpha value is 1.77. The second kappa shape index (κ2) is 21.6. The first-order valence-corrected chi connectivity index (χ1v) is 1.08. The third kappa shape index (κ3) is 9.23. The van der Waals surface area contributed by atoms with Crippen LogP contribution in [0.5, 0.6) is 0 Å². The standard InChI is InChI=1S/Mn.Nb.O.Ti. The van der Waals surface area contributed by atoms with Gasteiger partial charge in [-0.3, -0.25) is 0 Å². The maximum atomic E-state index is 8.30. The van der Waals surface area contributed by atoms with Gasteiger partial charge in [-0.15, -0.1) is 0 Å². The summed E-state index contributed by atoms with van der Waals surface area (Å²) in [6, 6.07) is 0. The van der Waals surface area contributed by atoms with Crippen LogP contribution in [0.25, 0.3) is 0 Å². The van der Waals surface area contributed by atoms with Gasteiger partial charge in [-0.2, -0.15) is 0 Å². The van der Waals surface area contributed by atoms with Crippen LogP contribution in [0.2, 0.25) is 0 Å². The average Bonchev–Trinajstić information content (AvgIpc) is 1.00. The molecule has 0 bridgehead atoms. The molecule has 0 fully saturated rings. The van der Waals surface area contributed by atoms with E-state index in [1.54, 1.807) is 0 Å². The monoisotopic (exact) mass is 212 g/mol. The molecular formula is MnNbOTi. The predicted octanol–water partition coefficient (Wildman–Crippen LogP) is -0.126. The molecule has 0 aromatic heterocycles. The van der Waals surface area contributed by atoms with Gasteiger partial charge in [0.15, 0.2) is 0 Å².